The van der Waals surface area contributed by atoms with Gasteiger partial charge in [0.25, 0.3) is 0 Å². The summed E-state index contributed by atoms with van der Waals surface area (Å²) in [7, 11) is 0. The van der Waals surface area contributed by atoms with Crippen molar-refractivity contribution in [1.29, 1.82) is 0 Å². The van der Waals surface area contributed by atoms with Crippen LogP contribution in [0.1, 0.15) is 57.8 Å². The van der Waals surface area contributed by atoms with E-state index >= 15 is 0 Å². The Hall–Kier alpha value is -2.56. The summed E-state index contributed by atoms with van der Waals surface area (Å²) in [5.41, 5.74) is 2.07. The highest BCUT2D eigenvalue weighted by atomic mass is 16.5. The zero-order chi connectivity index (χ0) is 18.8. The van der Waals surface area contributed by atoms with Crippen molar-refractivity contribution in [1.82, 2.24) is 14.4 Å². The maximum absolute atomic E-state index is 6.12. The van der Waals surface area contributed by atoms with E-state index in [1.54, 1.807) is 6.20 Å². The van der Waals surface area contributed by atoms with Crippen LogP contribution >= 0.6 is 0 Å². The number of aromatic nitrogens is 3. The molecule has 2 saturated carbocycles. The Balaban J connectivity index is 1.44. The van der Waals surface area contributed by atoms with Crippen molar-refractivity contribution in [2.45, 2.75) is 69.9 Å². The Morgan fingerprint density at radius 3 is 2.46 bits per heavy atom. The molecule has 0 bridgehead atoms. The van der Waals surface area contributed by atoms with Crippen LogP contribution < -0.4 is 10.1 Å². The third-order valence-corrected chi connectivity index (χ3v) is 6.08. The van der Waals surface area contributed by atoms with E-state index in [-0.39, 0.29) is 0 Å². The van der Waals surface area contributed by atoms with Gasteiger partial charge in [-0.2, -0.15) is 0 Å². The predicted octanol–water partition coefficient (Wildman–Crippen LogP) is 5.46. The molecule has 2 fully saturated rings. The predicted molar refractivity (Wildman–Crippen MR) is 112 cm³/mol. The molecular weight excluding hydrogens is 348 g/mol. The lowest BCUT2D eigenvalue weighted by Gasteiger charge is -2.24. The van der Waals surface area contributed by atoms with Gasteiger partial charge in [-0.15, -0.1) is 0 Å². The third-order valence-electron chi connectivity index (χ3n) is 6.08. The summed E-state index contributed by atoms with van der Waals surface area (Å²) >= 11 is 0. The summed E-state index contributed by atoms with van der Waals surface area (Å²) in [5.74, 6) is 2.75. The summed E-state index contributed by atoms with van der Waals surface area (Å²) in [4.78, 5) is 9.28. The smallest absolute Gasteiger partial charge is 0.235 e. The molecule has 1 aromatic carbocycles. The van der Waals surface area contributed by atoms with E-state index in [2.05, 4.69) is 39.0 Å². The first-order chi connectivity index (χ1) is 13.9. The molecule has 28 heavy (non-hydrogen) atoms. The van der Waals surface area contributed by atoms with Gasteiger partial charge in [0.1, 0.15) is 17.3 Å². The highest BCUT2D eigenvalue weighted by molar-refractivity contribution is 5.76. The van der Waals surface area contributed by atoms with Crippen LogP contribution in [0, 0.1) is 0 Å². The fourth-order valence-electron chi connectivity index (χ4n) is 4.56. The van der Waals surface area contributed by atoms with Crippen LogP contribution in [0.15, 0.2) is 42.7 Å². The van der Waals surface area contributed by atoms with Gasteiger partial charge in [0.15, 0.2) is 0 Å². The lowest BCUT2D eigenvalue weighted by atomic mass is 9.95. The standard InChI is InChI=1S/C23H28N4O/c1-2-7-18(8-3-1)25-22-21(26-23-24-15-6-16-27(22)23)17-11-13-20(14-12-17)28-19-9-4-5-10-19/h6,11-16,18-19,25H,1-5,7-10H2. The third kappa shape index (κ3) is 3.58. The Morgan fingerprint density at radius 1 is 0.929 bits per heavy atom. The Kier molecular flexibility index (Phi) is 4.90. The quantitative estimate of drug-likeness (QED) is 0.642. The van der Waals surface area contributed by atoms with Crippen LogP contribution in [0.25, 0.3) is 17.0 Å². The summed E-state index contributed by atoms with van der Waals surface area (Å²) in [5, 5.41) is 3.77. The second-order valence-electron chi connectivity index (χ2n) is 8.13. The number of hydrogen-bond acceptors (Lipinski definition) is 4. The summed E-state index contributed by atoms with van der Waals surface area (Å²) < 4.78 is 8.20. The minimum Gasteiger partial charge on any atom is -0.490 e. The molecule has 2 aliphatic carbocycles. The second-order valence-corrected chi connectivity index (χ2v) is 8.13. The molecule has 146 valence electrons. The normalized spacial score (nSPS) is 18.6. The van der Waals surface area contributed by atoms with Crippen LogP contribution in [0.5, 0.6) is 5.75 Å². The van der Waals surface area contributed by atoms with E-state index in [9.17, 15) is 0 Å². The van der Waals surface area contributed by atoms with Gasteiger partial charge in [-0.1, -0.05) is 19.3 Å². The molecule has 1 N–H and O–H groups in total. The Labute approximate surface area is 166 Å². The van der Waals surface area contributed by atoms with Gasteiger partial charge >= 0.3 is 0 Å². The number of rotatable bonds is 5. The molecule has 5 nitrogen and oxygen atoms in total. The molecule has 2 aliphatic rings. The maximum Gasteiger partial charge on any atom is 0.235 e. The molecule has 0 radical (unpaired) electrons. The SMILES string of the molecule is c1cnc2nc(-c3ccc(OC4CCCC4)cc3)c(NC3CCCCC3)n2c1. The summed E-state index contributed by atoms with van der Waals surface area (Å²) in [6.07, 6.45) is 15.5. The van der Waals surface area contributed by atoms with Gasteiger partial charge in [-0.25, -0.2) is 9.97 Å². The molecule has 0 saturated heterocycles. The number of ether oxygens (including phenoxy) is 1. The Bertz CT molecular complexity index is 921. The Morgan fingerprint density at radius 2 is 1.68 bits per heavy atom. The molecule has 0 aliphatic heterocycles. The van der Waals surface area contributed by atoms with Gasteiger partial charge in [-0.3, -0.25) is 4.40 Å². The van der Waals surface area contributed by atoms with Gasteiger partial charge < -0.3 is 10.1 Å². The molecule has 5 heteroatoms. The molecule has 0 amide bonds. The molecule has 2 aromatic heterocycles. The van der Waals surface area contributed by atoms with E-state index < -0.39 is 0 Å². The van der Waals surface area contributed by atoms with Crippen LogP contribution in [-0.4, -0.2) is 26.5 Å². The van der Waals surface area contributed by atoms with Crippen LogP contribution in [0.3, 0.4) is 0 Å². The number of nitrogens with one attached hydrogen (secondary N) is 1. The van der Waals surface area contributed by atoms with Gasteiger partial charge in [0.05, 0.1) is 6.10 Å². The largest absolute Gasteiger partial charge is 0.490 e. The number of benzene rings is 1. The number of fused-ring (bicyclic) bond motifs is 1. The van der Waals surface area contributed by atoms with E-state index in [1.165, 1.54) is 57.8 Å². The van der Waals surface area contributed by atoms with E-state index in [0.717, 1.165) is 28.6 Å². The topological polar surface area (TPSA) is 51.5 Å². The van der Waals surface area contributed by atoms with Gasteiger partial charge in [0.2, 0.25) is 5.78 Å². The molecule has 0 unspecified atom stereocenters. The zero-order valence-electron chi connectivity index (χ0n) is 16.3. The zero-order valence-corrected chi connectivity index (χ0v) is 16.3. The first-order valence-corrected chi connectivity index (χ1v) is 10.7. The van der Waals surface area contributed by atoms with Crippen molar-refractivity contribution in [2.24, 2.45) is 0 Å². The molecular formula is C23H28N4O. The molecule has 0 atom stereocenters. The highest BCUT2D eigenvalue weighted by Gasteiger charge is 2.20. The summed E-state index contributed by atoms with van der Waals surface area (Å²) in [6, 6.07) is 10.9. The molecule has 2 heterocycles. The van der Waals surface area contributed by atoms with Crippen molar-refractivity contribution in [3.05, 3.63) is 42.7 Å². The second kappa shape index (κ2) is 7.82. The van der Waals surface area contributed by atoms with Crippen LogP contribution in [0.4, 0.5) is 5.82 Å². The van der Waals surface area contributed by atoms with E-state index in [0.29, 0.717) is 12.1 Å². The monoisotopic (exact) mass is 376 g/mol. The van der Waals surface area contributed by atoms with Gasteiger partial charge in [0, 0.05) is 24.0 Å². The van der Waals surface area contributed by atoms with Crippen molar-refractivity contribution < 1.29 is 4.74 Å². The van der Waals surface area contributed by atoms with E-state index in [1.807, 2.05) is 12.3 Å². The lowest BCUT2D eigenvalue weighted by Crippen LogP contribution is -2.23. The van der Waals surface area contributed by atoms with E-state index in [4.69, 9.17) is 9.72 Å². The number of nitrogens with zero attached hydrogens (tertiary/aromatic N) is 3. The highest BCUT2D eigenvalue weighted by Crippen LogP contribution is 2.32. The fourth-order valence-corrected chi connectivity index (χ4v) is 4.56. The number of hydrogen-bond donors (Lipinski definition) is 1. The van der Waals surface area contributed by atoms with Crippen molar-refractivity contribution >= 4 is 11.6 Å². The molecule has 0 spiro atoms. The minimum absolute atomic E-state index is 0.383. The number of anilines is 1. The van der Waals surface area contributed by atoms with Crippen LogP contribution in [0.2, 0.25) is 0 Å². The fraction of sp³-hybridized carbons (Fsp3) is 0.478. The average Bonchev–Trinajstić information content (AvgIpc) is 3.38. The van der Waals surface area contributed by atoms with Crippen molar-refractivity contribution in [3.8, 4) is 17.0 Å². The van der Waals surface area contributed by atoms with Crippen LogP contribution in [-0.2, 0) is 0 Å². The molecule has 5 rings (SSSR count). The summed E-state index contributed by atoms with van der Waals surface area (Å²) in [6.45, 7) is 0. The minimum atomic E-state index is 0.383. The maximum atomic E-state index is 6.12. The first-order valence-electron chi connectivity index (χ1n) is 10.7. The van der Waals surface area contributed by atoms with Crippen molar-refractivity contribution in [2.75, 3.05) is 5.32 Å². The van der Waals surface area contributed by atoms with Crippen molar-refractivity contribution in [3.63, 3.8) is 0 Å². The van der Waals surface area contributed by atoms with Gasteiger partial charge in [-0.05, 0) is 68.9 Å². The number of imidazole rings is 1. The molecule has 3 aromatic rings. The average molecular weight is 377 g/mol. The lowest BCUT2D eigenvalue weighted by molar-refractivity contribution is 0.210. The first kappa shape index (κ1) is 17.5.